The third-order valence-electron chi connectivity index (χ3n) is 1.85. The fraction of sp³-hybridized carbons (Fsp3) is 0.111. The zero-order valence-corrected chi connectivity index (χ0v) is 8.51. The number of anilines is 1. The monoisotopic (exact) mass is 224 g/mol. The second kappa shape index (κ2) is 3.82. The fourth-order valence-electron chi connectivity index (χ4n) is 1.22. The van der Waals surface area contributed by atoms with Gasteiger partial charge in [0.05, 0.1) is 11.3 Å². The van der Waals surface area contributed by atoms with Crippen LogP contribution in [0, 0.1) is 0 Å². The number of rotatable bonds is 2. The van der Waals surface area contributed by atoms with E-state index < -0.39 is 5.76 Å². The molecule has 0 spiro atoms. The lowest BCUT2D eigenvalue weighted by Gasteiger charge is -2.01. The number of benzene rings is 1. The highest BCUT2D eigenvalue weighted by atomic mass is 32.1. The van der Waals surface area contributed by atoms with E-state index in [2.05, 4.69) is 22.9 Å². The van der Waals surface area contributed by atoms with Gasteiger partial charge in [-0.1, -0.05) is 0 Å². The van der Waals surface area contributed by atoms with Crippen LogP contribution in [0.25, 0.3) is 11.1 Å². The van der Waals surface area contributed by atoms with Crippen molar-refractivity contribution in [1.82, 2.24) is 4.98 Å². The number of oxazole rings is 1. The Hall–Kier alpha value is -1.69. The van der Waals surface area contributed by atoms with Crippen LogP contribution in [-0.4, -0.2) is 16.6 Å². The number of hydrogen-bond donors (Lipinski definition) is 3. The molecule has 0 unspecified atom stereocenters. The Morgan fingerprint density at radius 1 is 1.53 bits per heavy atom. The molecule has 0 saturated carbocycles. The lowest BCUT2D eigenvalue weighted by Crippen LogP contribution is -2.12. The van der Waals surface area contributed by atoms with Gasteiger partial charge in [-0.3, -0.25) is 9.78 Å². The van der Waals surface area contributed by atoms with Gasteiger partial charge in [-0.05, 0) is 12.1 Å². The second-order valence-corrected chi connectivity index (χ2v) is 3.25. The van der Waals surface area contributed by atoms with Crippen LogP contribution in [0.1, 0.15) is 0 Å². The van der Waals surface area contributed by atoms with Crippen LogP contribution < -0.4 is 11.1 Å². The number of carbonyl (C=O) groups excluding carboxylic acids is 1. The third-order valence-corrected chi connectivity index (χ3v) is 2.14. The molecule has 0 aliphatic carbocycles. The van der Waals surface area contributed by atoms with Gasteiger partial charge in [0, 0.05) is 11.8 Å². The lowest BCUT2D eigenvalue weighted by atomic mass is 10.3. The van der Waals surface area contributed by atoms with Crippen molar-refractivity contribution in [3.63, 3.8) is 0 Å². The van der Waals surface area contributed by atoms with E-state index in [1.54, 1.807) is 18.2 Å². The Morgan fingerprint density at radius 3 is 3.07 bits per heavy atom. The number of hydrogen-bond acceptors (Lipinski definition) is 4. The number of carbonyl (C=O) groups is 1. The molecular weight excluding hydrogens is 216 g/mol. The van der Waals surface area contributed by atoms with Gasteiger partial charge in [-0.15, -0.1) is 0 Å². The van der Waals surface area contributed by atoms with Gasteiger partial charge in [0.2, 0.25) is 5.91 Å². The number of H-pyrrole nitrogens is 1. The Kier molecular flexibility index (Phi) is 2.51. The molecule has 2 N–H and O–H groups in total. The standard InChI is InChI=1S/C9H8N2O3S/c12-8(4-15)10-5-1-2-6-7(3-5)14-9(13)11-6/h1-3,15H,4H2,(H,10,12)(H,11,13). The number of aromatic nitrogens is 1. The first-order valence-electron chi connectivity index (χ1n) is 4.22. The molecule has 0 saturated heterocycles. The van der Waals surface area contributed by atoms with Crippen molar-refractivity contribution in [2.75, 3.05) is 11.1 Å². The normalized spacial score (nSPS) is 10.5. The van der Waals surface area contributed by atoms with Crippen LogP contribution in [0.5, 0.6) is 0 Å². The summed E-state index contributed by atoms with van der Waals surface area (Å²) in [4.78, 5) is 24.4. The van der Waals surface area contributed by atoms with E-state index >= 15 is 0 Å². The van der Waals surface area contributed by atoms with Gasteiger partial charge in [0.15, 0.2) is 5.58 Å². The molecule has 0 atom stereocenters. The average molecular weight is 224 g/mol. The van der Waals surface area contributed by atoms with E-state index in [9.17, 15) is 9.59 Å². The van der Waals surface area contributed by atoms with Crippen molar-refractivity contribution in [2.24, 2.45) is 0 Å². The van der Waals surface area contributed by atoms with Crippen molar-refractivity contribution in [1.29, 1.82) is 0 Å². The van der Waals surface area contributed by atoms with E-state index in [0.29, 0.717) is 16.8 Å². The Balaban J connectivity index is 2.38. The maximum atomic E-state index is 11.0. The highest BCUT2D eigenvalue weighted by Gasteiger charge is 2.03. The molecule has 0 aliphatic rings. The van der Waals surface area contributed by atoms with Gasteiger partial charge >= 0.3 is 5.76 Å². The molecule has 0 fully saturated rings. The maximum Gasteiger partial charge on any atom is 0.417 e. The first-order valence-corrected chi connectivity index (χ1v) is 4.86. The topological polar surface area (TPSA) is 75.1 Å². The van der Waals surface area contributed by atoms with Crippen LogP contribution in [0.3, 0.4) is 0 Å². The van der Waals surface area contributed by atoms with Gasteiger partial charge < -0.3 is 9.73 Å². The molecule has 0 aliphatic heterocycles. The van der Waals surface area contributed by atoms with E-state index in [0.717, 1.165) is 0 Å². The molecule has 6 heteroatoms. The minimum absolute atomic E-state index is 0.106. The predicted octanol–water partition coefficient (Wildman–Crippen LogP) is 0.989. The molecule has 5 nitrogen and oxygen atoms in total. The number of thiol groups is 1. The highest BCUT2D eigenvalue weighted by Crippen LogP contribution is 2.16. The molecule has 0 bridgehead atoms. The summed E-state index contributed by atoms with van der Waals surface area (Å²) in [6, 6.07) is 4.91. The number of fused-ring (bicyclic) bond motifs is 1. The van der Waals surface area contributed by atoms with Crippen molar-refractivity contribution in [3.8, 4) is 0 Å². The summed E-state index contributed by atoms with van der Waals surface area (Å²) in [7, 11) is 0. The zero-order chi connectivity index (χ0) is 10.8. The van der Waals surface area contributed by atoms with E-state index in [4.69, 9.17) is 4.42 Å². The van der Waals surface area contributed by atoms with Crippen LogP contribution in [0.2, 0.25) is 0 Å². The average Bonchev–Trinajstić information content (AvgIpc) is 2.57. The molecule has 2 rings (SSSR count). The molecule has 0 radical (unpaired) electrons. The summed E-state index contributed by atoms with van der Waals surface area (Å²) in [5.41, 5.74) is 1.59. The predicted molar refractivity (Wildman–Crippen MR) is 59.3 cm³/mol. The largest absolute Gasteiger partial charge is 0.417 e. The van der Waals surface area contributed by atoms with Crippen LogP contribution in [0.4, 0.5) is 5.69 Å². The smallest absolute Gasteiger partial charge is 0.408 e. The fourth-order valence-corrected chi connectivity index (χ4v) is 1.30. The molecule has 78 valence electrons. The molecule has 15 heavy (non-hydrogen) atoms. The summed E-state index contributed by atoms with van der Waals surface area (Å²) in [5, 5.41) is 2.60. The third kappa shape index (κ3) is 2.04. The van der Waals surface area contributed by atoms with Crippen LogP contribution in [0.15, 0.2) is 27.4 Å². The SMILES string of the molecule is O=C(CS)Nc1ccc2[nH]c(=O)oc2c1. The molecule has 1 amide bonds. The Labute approximate surface area is 89.9 Å². The Morgan fingerprint density at radius 2 is 2.33 bits per heavy atom. The number of amides is 1. The van der Waals surface area contributed by atoms with E-state index in [1.807, 2.05) is 0 Å². The molecule has 1 heterocycles. The summed E-state index contributed by atoms with van der Waals surface area (Å²) in [5.74, 6) is -0.618. The van der Waals surface area contributed by atoms with Gasteiger partial charge in [-0.2, -0.15) is 12.6 Å². The van der Waals surface area contributed by atoms with Crippen molar-refractivity contribution in [2.45, 2.75) is 0 Å². The summed E-state index contributed by atoms with van der Waals surface area (Å²) < 4.78 is 4.84. The molecule has 1 aromatic heterocycles. The minimum atomic E-state index is -0.511. The first kappa shape index (κ1) is 9.85. The second-order valence-electron chi connectivity index (χ2n) is 2.93. The van der Waals surface area contributed by atoms with Crippen LogP contribution in [-0.2, 0) is 4.79 Å². The Bertz CT molecular complexity index is 558. The minimum Gasteiger partial charge on any atom is -0.408 e. The molecule has 1 aromatic carbocycles. The van der Waals surface area contributed by atoms with Gasteiger partial charge in [0.25, 0.3) is 0 Å². The number of nitrogens with one attached hydrogen (secondary N) is 2. The maximum absolute atomic E-state index is 11.0. The number of aromatic amines is 1. The van der Waals surface area contributed by atoms with E-state index in [1.165, 1.54) is 0 Å². The summed E-state index contributed by atoms with van der Waals surface area (Å²) in [6.07, 6.45) is 0. The van der Waals surface area contributed by atoms with Crippen molar-refractivity contribution >= 4 is 35.3 Å². The quantitative estimate of drug-likeness (QED) is 0.666. The van der Waals surface area contributed by atoms with Crippen molar-refractivity contribution < 1.29 is 9.21 Å². The molecule has 2 aromatic rings. The highest BCUT2D eigenvalue weighted by molar-refractivity contribution is 7.81. The zero-order valence-electron chi connectivity index (χ0n) is 7.61. The summed E-state index contributed by atoms with van der Waals surface area (Å²) in [6.45, 7) is 0. The van der Waals surface area contributed by atoms with Crippen molar-refractivity contribution in [3.05, 3.63) is 28.7 Å². The van der Waals surface area contributed by atoms with Crippen LogP contribution >= 0.6 is 12.6 Å². The van der Waals surface area contributed by atoms with E-state index in [-0.39, 0.29) is 11.7 Å². The van der Waals surface area contributed by atoms with Gasteiger partial charge in [-0.25, -0.2) is 4.79 Å². The summed E-state index contributed by atoms with van der Waals surface area (Å²) >= 11 is 3.83. The first-order chi connectivity index (χ1) is 7.19. The lowest BCUT2D eigenvalue weighted by molar-refractivity contribution is -0.113. The van der Waals surface area contributed by atoms with Gasteiger partial charge in [0.1, 0.15) is 0 Å². The molecular formula is C9H8N2O3S.